The molecule has 0 bridgehead atoms. The molecular weight excluding hydrogens is 300 g/mol. The Morgan fingerprint density at radius 2 is 2.04 bits per heavy atom. The summed E-state index contributed by atoms with van der Waals surface area (Å²) in [5, 5.41) is 2.74. The largest absolute Gasteiger partial charge is 0.457 e. The zero-order chi connectivity index (χ0) is 16.2. The van der Waals surface area contributed by atoms with E-state index in [0.717, 1.165) is 37.0 Å². The average molecular weight is 322 g/mol. The van der Waals surface area contributed by atoms with Gasteiger partial charge in [0, 0.05) is 12.5 Å². The van der Waals surface area contributed by atoms with Crippen LogP contribution in [0.4, 0.5) is 4.79 Å². The first-order valence-corrected chi connectivity index (χ1v) is 8.38. The number of urea groups is 1. The number of amides is 3. The first-order chi connectivity index (χ1) is 10.9. The van der Waals surface area contributed by atoms with Gasteiger partial charge < -0.3 is 14.8 Å². The lowest BCUT2D eigenvalue weighted by Gasteiger charge is -2.24. The monoisotopic (exact) mass is 322 g/mol. The molecule has 4 aliphatic rings. The van der Waals surface area contributed by atoms with Crippen molar-refractivity contribution in [1.82, 2.24) is 10.2 Å². The molecule has 2 heterocycles. The number of nitrogens with one attached hydrogen (secondary N) is 1. The Labute approximate surface area is 134 Å². The quantitative estimate of drug-likeness (QED) is 0.598. The number of hydrogen-bond acceptors (Lipinski definition) is 5. The predicted molar refractivity (Wildman–Crippen MR) is 78.4 cm³/mol. The zero-order valence-corrected chi connectivity index (χ0v) is 13.3. The molecule has 0 unspecified atom stereocenters. The van der Waals surface area contributed by atoms with Gasteiger partial charge in [0.2, 0.25) is 0 Å². The van der Waals surface area contributed by atoms with Crippen LogP contribution in [0.25, 0.3) is 0 Å². The highest BCUT2D eigenvalue weighted by Gasteiger charge is 2.57. The molecule has 2 atom stereocenters. The van der Waals surface area contributed by atoms with Gasteiger partial charge in [0.25, 0.3) is 5.91 Å². The van der Waals surface area contributed by atoms with Crippen LogP contribution >= 0.6 is 0 Å². The third-order valence-electron chi connectivity index (χ3n) is 5.72. The van der Waals surface area contributed by atoms with Crippen molar-refractivity contribution in [3.8, 4) is 0 Å². The summed E-state index contributed by atoms with van der Waals surface area (Å²) in [6, 6.07) is -0.490. The van der Waals surface area contributed by atoms with E-state index in [0.29, 0.717) is 13.2 Å². The van der Waals surface area contributed by atoms with Gasteiger partial charge in [0.15, 0.2) is 0 Å². The molecule has 0 aromatic heterocycles. The Bertz CT molecular complexity index is 563. The number of hydrogen-bond donors (Lipinski definition) is 1. The molecule has 3 amide bonds. The molecule has 7 nitrogen and oxygen atoms in total. The maximum Gasteiger partial charge on any atom is 0.326 e. The molecule has 2 saturated carbocycles. The van der Waals surface area contributed by atoms with Gasteiger partial charge in [0.1, 0.15) is 17.7 Å². The fourth-order valence-electron chi connectivity index (χ4n) is 3.85. The van der Waals surface area contributed by atoms with E-state index in [1.807, 2.05) is 0 Å². The van der Waals surface area contributed by atoms with Crippen LogP contribution in [-0.2, 0) is 19.1 Å². The maximum atomic E-state index is 12.5. The van der Waals surface area contributed by atoms with Crippen LogP contribution in [0.5, 0.6) is 0 Å². The lowest BCUT2D eigenvalue weighted by molar-refractivity contribution is -0.157. The summed E-state index contributed by atoms with van der Waals surface area (Å²) in [4.78, 5) is 37.8. The molecule has 2 saturated heterocycles. The van der Waals surface area contributed by atoms with Gasteiger partial charge in [-0.05, 0) is 44.9 Å². The molecule has 0 aromatic rings. The molecule has 2 aliphatic carbocycles. The third-order valence-corrected chi connectivity index (χ3v) is 5.72. The smallest absolute Gasteiger partial charge is 0.326 e. The molecular formula is C16H22N2O5. The molecule has 4 fully saturated rings. The zero-order valence-electron chi connectivity index (χ0n) is 13.3. The van der Waals surface area contributed by atoms with Crippen molar-refractivity contribution in [1.29, 1.82) is 0 Å². The van der Waals surface area contributed by atoms with Gasteiger partial charge >= 0.3 is 12.0 Å². The summed E-state index contributed by atoms with van der Waals surface area (Å²) < 4.78 is 11.0. The Balaban J connectivity index is 1.39. The normalized spacial score (nSPS) is 35.3. The van der Waals surface area contributed by atoms with Crippen molar-refractivity contribution >= 4 is 17.9 Å². The number of ether oxygens (including phenoxy) is 2. The topological polar surface area (TPSA) is 84.9 Å². The van der Waals surface area contributed by atoms with E-state index in [1.54, 1.807) is 6.92 Å². The molecule has 4 rings (SSSR count). The van der Waals surface area contributed by atoms with Gasteiger partial charge in [0.05, 0.1) is 6.61 Å². The van der Waals surface area contributed by atoms with E-state index >= 15 is 0 Å². The van der Waals surface area contributed by atoms with E-state index in [2.05, 4.69) is 5.32 Å². The molecule has 126 valence electrons. The Morgan fingerprint density at radius 3 is 2.61 bits per heavy atom. The maximum absolute atomic E-state index is 12.5. The van der Waals surface area contributed by atoms with Crippen LogP contribution in [0.1, 0.15) is 39.0 Å². The summed E-state index contributed by atoms with van der Waals surface area (Å²) in [7, 11) is 0. The first-order valence-electron chi connectivity index (χ1n) is 8.38. The van der Waals surface area contributed by atoms with E-state index in [9.17, 15) is 14.4 Å². The highest BCUT2D eigenvalue weighted by atomic mass is 16.6. The van der Waals surface area contributed by atoms with Crippen molar-refractivity contribution in [3.63, 3.8) is 0 Å². The van der Waals surface area contributed by atoms with Crippen molar-refractivity contribution in [2.24, 2.45) is 11.8 Å². The minimum absolute atomic E-state index is 0.186. The summed E-state index contributed by atoms with van der Waals surface area (Å²) >= 11 is 0. The van der Waals surface area contributed by atoms with Crippen molar-refractivity contribution in [3.05, 3.63) is 0 Å². The summed E-state index contributed by atoms with van der Waals surface area (Å²) in [6.45, 7) is 2.77. The van der Waals surface area contributed by atoms with Crippen LogP contribution in [0.3, 0.4) is 0 Å². The highest BCUT2D eigenvalue weighted by molar-refractivity contribution is 6.08. The predicted octanol–water partition coefficient (Wildman–Crippen LogP) is 0.819. The second kappa shape index (κ2) is 4.93. The number of carbonyl (C=O) groups excluding carboxylic acids is 3. The second-order valence-corrected chi connectivity index (χ2v) is 7.40. The molecule has 1 N–H and O–H groups in total. The molecule has 0 radical (unpaired) electrons. The highest BCUT2D eigenvalue weighted by Crippen LogP contribution is 2.49. The van der Waals surface area contributed by atoms with E-state index in [1.165, 1.54) is 0 Å². The van der Waals surface area contributed by atoms with Crippen molar-refractivity contribution < 1.29 is 23.9 Å². The lowest BCUT2D eigenvalue weighted by atomic mass is 9.96. The van der Waals surface area contributed by atoms with Crippen LogP contribution in [0, 0.1) is 11.8 Å². The number of carbonyl (C=O) groups is 3. The summed E-state index contributed by atoms with van der Waals surface area (Å²) in [6.07, 6.45) is 4.45. The van der Waals surface area contributed by atoms with E-state index in [4.69, 9.17) is 9.47 Å². The fourth-order valence-corrected chi connectivity index (χ4v) is 3.85. The average Bonchev–Trinajstić information content (AvgIpc) is 3.42. The fraction of sp³-hybridized carbons (Fsp3) is 0.812. The molecule has 7 heteroatoms. The van der Waals surface area contributed by atoms with Crippen LogP contribution in [0.2, 0.25) is 0 Å². The van der Waals surface area contributed by atoms with Gasteiger partial charge in [-0.2, -0.15) is 0 Å². The summed E-state index contributed by atoms with van der Waals surface area (Å²) in [5.41, 5.74) is -1.28. The van der Waals surface area contributed by atoms with Crippen LogP contribution in [-0.4, -0.2) is 53.7 Å². The number of nitrogens with zero attached hydrogens (tertiary/aromatic N) is 1. The van der Waals surface area contributed by atoms with Crippen molar-refractivity contribution in [2.45, 2.75) is 50.2 Å². The molecule has 2 aliphatic heterocycles. The van der Waals surface area contributed by atoms with Crippen molar-refractivity contribution in [2.75, 3.05) is 19.8 Å². The van der Waals surface area contributed by atoms with Gasteiger partial charge in [-0.3, -0.25) is 14.5 Å². The van der Waals surface area contributed by atoms with Gasteiger partial charge in [-0.25, -0.2) is 4.79 Å². The molecule has 0 aromatic carbocycles. The number of rotatable bonds is 5. The van der Waals surface area contributed by atoms with E-state index in [-0.39, 0.29) is 24.3 Å². The Kier molecular flexibility index (Phi) is 3.20. The Hall–Kier alpha value is -1.63. The first kappa shape index (κ1) is 14.9. The number of imide groups is 1. The van der Waals surface area contributed by atoms with Gasteiger partial charge in [-0.1, -0.05) is 0 Å². The van der Waals surface area contributed by atoms with Crippen LogP contribution < -0.4 is 5.32 Å². The van der Waals surface area contributed by atoms with Crippen LogP contribution in [0.15, 0.2) is 0 Å². The number of esters is 1. The lowest BCUT2D eigenvalue weighted by Crippen LogP contribution is -2.46. The van der Waals surface area contributed by atoms with Gasteiger partial charge in [-0.15, -0.1) is 0 Å². The second-order valence-electron chi connectivity index (χ2n) is 7.40. The standard InChI is InChI=1S/C16H22N2O5/c1-15(10-2-3-10)13(20)18(14(21)17-15)8-12(19)23-16(5-6-16)11-4-7-22-9-11/h10-11H,2-9H2,1H3,(H,17,21)/t11-,15-/m0/s1. The molecule has 23 heavy (non-hydrogen) atoms. The van der Waals surface area contributed by atoms with E-state index < -0.39 is 23.1 Å². The minimum atomic E-state index is -0.853. The summed E-state index contributed by atoms with van der Waals surface area (Å²) in [5.74, 6) is -0.384. The Morgan fingerprint density at radius 1 is 1.30 bits per heavy atom. The third kappa shape index (κ3) is 2.41. The minimum Gasteiger partial charge on any atom is -0.457 e. The SMILES string of the molecule is C[C@@]1(C2CC2)NC(=O)N(CC(=O)OC2([C@H]3CCOC3)CC2)C1=O. The molecule has 0 spiro atoms.